The van der Waals surface area contributed by atoms with Gasteiger partial charge in [0.15, 0.2) is 0 Å². The number of amides is 3. The molecule has 1 N–H and O–H groups in total. The van der Waals surface area contributed by atoms with E-state index in [1.807, 2.05) is 24.8 Å². The van der Waals surface area contributed by atoms with Crippen LogP contribution in [0, 0.1) is 5.92 Å². The van der Waals surface area contributed by atoms with Crippen LogP contribution < -0.4 is 10.1 Å². The number of fused-ring (bicyclic) bond motifs is 1. The largest absolute Gasteiger partial charge is 0.490 e. The molecule has 0 unspecified atom stereocenters. The zero-order valence-electron chi connectivity index (χ0n) is 17.6. The van der Waals surface area contributed by atoms with Crippen LogP contribution in [-0.2, 0) is 9.59 Å². The minimum absolute atomic E-state index is 0.0206. The first-order valence-corrected chi connectivity index (χ1v) is 10.1. The fourth-order valence-electron chi connectivity index (χ4n) is 4.21. The molecule has 0 aromatic heterocycles. The number of hydrogen-bond acceptors (Lipinski definition) is 5. The predicted octanol–water partition coefficient (Wildman–Crippen LogP) is 0.436. The first-order chi connectivity index (χ1) is 13.8. The lowest BCUT2D eigenvalue weighted by atomic mass is 9.86. The molecule has 158 valence electrons. The van der Waals surface area contributed by atoms with Gasteiger partial charge in [-0.1, -0.05) is 12.1 Å². The molecule has 2 aliphatic rings. The van der Waals surface area contributed by atoms with Crippen LogP contribution in [0.25, 0.3) is 0 Å². The van der Waals surface area contributed by atoms with Gasteiger partial charge in [0, 0.05) is 40.3 Å². The number of benzene rings is 1. The van der Waals surface area contributed by atoms with Gasteiger partial charge in [0.25, 0.3) is 5.91 Å². The van der Waals surface area contributed by atoms with Gasteiger partial charge in [-0.3, -0.25) is 19.3 Å². The summed E-state index contributed by atoms with van der Waals surface area (Å²) in [4.78, 5) is 43.8. The molecule has 3 rings (SSSR count). The summed E-state index contributed by atoms with van der Waals surface area (Å²) < 4.78 is 5.98. The number of nitrogens with one attached hydrogen (secondary N) is 1. The van der Waals surface area contributed by atoms with Gasteiger partial charge in [0.1, 0.15) is 12.4 Å². The van der Waals surface area contributed by atoms with Crippen molar-refractivity contribution in [3.8, 4) is 5.75 Å². The van der Waals surface area contributed by atoms with Crippen molar-refractivity contribution in [1.29, 1.82) is 0 Å². The van der Waals surface area contributed by atoms with Crippen LogP contribution in [0.1, 0.15) is 24.2 Å². The van der Waals surface area contributed by atoms with E-state index >= 15 is 0 Å². The maximum absolute atomic E-state index is 13.0. The number of carbonyl (C=O) groups excluding carboxylic acids is 3. The van der Waals surface area contributed by atoms with Gasteiger partial charge in [-0.25, -0.2) is 0 Å². The number of carbonyl (C=O) groups is 3. The molecule has 0 aliphatic carbocycles. The van der Waals surface area contributed by atoms with Crippen LogP contribution in [0.3, 0.4) is 0 Å². The quantitative estimate of drug-likeness (QED) is 0.773. The number of nitrogens with zero attached hydrogens (tertiary/aromatic N) is 3. The molecule has 29 heavy (non-hydrogen) atoms. The number of likely N-dealkylation sites (N-methyl/N-ethyl adjacent to an activating group) is 1. The van der Waals surface area contributed by atoms with Gasteiger partial charge in [-0.2, -0.15) is 0 Å². The molecule has 1 spiro atoms. The van der Waals surface area contributed by atoms with Crippen molar-refractivity contribution in [1.82, 2.24) is 20.0 Å². The number of rotatable bonds is 5. The third-order valence-corrected chi connectivity index (χ3v) is 5.81. The SMILES string of the molecule is CCN(CC)C(=O)CN1C[C@H](C(=O)N(C)C)[C@]2(COc3ccccc3C(=O)N2)C1. The molecule has 2 atom stereocenters. The number of ether oxygens (including phenoxy) is 1. The summed E-state index contributed by atoms with van der Waals surface area (Å²) in [7, 11) is 3.40. The fraction of sp³-hybridized carbons (Fsp3) is 0.571. The van der Waals surface area contributed by atoms with Crippen LogP contribution in [0.15, 0.2) is 24.3 Å². The molecule has 1 fully saturated rings. The van der Waals surface area contributed by atoms with Gasteiger partial charge < -0.3 is 19.9 Å². The molecule has 1 aromatic rings. The standard InChI is InChI=1S/C21H30N4O4/c1-5-25(6-2)18(26)12-24-11-16(20(28)23(3)4)21(13-24)14-29-17-10-8-7-9-15(17)19(27)22-21/h7-10,16H,5-6,11-14H2,1-4H3,(H,22,27)/t16-,21-/m1/s1. The Morgan fingerprint density at radius 2 is 1.93 bits per heavy atom. The first kappa shape index (κ1) is 21.1. The summed E-state index contributed by atoms with van der Waals surface area (Å²) in [6, 6.07) is 7.07. The van der Waals surface area contributed by atoms with E-state index in [1.165, 1.54) is 4.90 Å². The Labute approximate surface area is 171 Å². The summed E-state index contributed by atoms with van der Waals surface area (Å²) in [5, 5.41) is 3.08. The van der Waals surface area contributed by atoms with Crippen LogP contribution in [0.2, 0.25) is 0 Å². The highest BCUT2D eigenvalue weighted by molar-refractivity contribution is 5.98. The van der Waals surface area contributed by atoms with Crippen molar-refractivity contribution in [2.24, 2.45) is 5.92 Å². The Morgan fingerprint density at radius 3 is 2.59 bits per heavy atom. The van der Waals surface area contributed by atoms with Crippen molar-refractivity contribution >= 4 is 17.7 Å². The summed E-state index contributed by atoms with van der Waals surface area (Å²) in [6.45, 7) is 6.34. The van der Waals surface area contributed by atoms with Gasteiger partial charge in [0.05, 0.1) is 23.6 Å². The van der Waals surface area contributed by atoms with E-state index < -0.39 is 11.5 Å². The molecule has 8 heteroatoms. The first-order valence-electron chi connectivity index (χ1n) is 10.1. The maximum atomic E-state index is 13.0. The minimum atomic E-state index is -0.888. The average Bonchev–Trinajstić information content (AvgIpc) is 2.96. The van der Waals surface area contributed by atoms with E-state index in [0.717, 1.165) is 0 Å². The van der Waals surface area contributed by atoms with E-state index in [1.54, 1.807) is 37.2 Å². The topological polar surface area (TPSA) is 82.2 Å². The minimum Gasteiger partial charge on any atom is -0.490 e. The van der Waals surface area contributed by atoms with Gasteiger partial charge in [0.2, 0.25) is 11.8 Å². The molecular formula is C21H30N4O4. The van der Waals surface area contributed by atoms with Gasteiger partial charge in [-0.15, -0.1) is 0 Å². The number of likely N-dealkylation sites (tertiary alicyclic amines) is 1. The molecule has 3 amide bonds. The second-order valence-corrected chi connectivity index (χ2v) is 7.92. The van der Waals surface area contributed by atoms with E-state index in [4.69, 9.17) is 4.74 Å². The third-order valence-electron chi connectivity index (χ3n) is 5.81. The Kier molecular flexibility index (Phi) is 6.12. The maximum Gasteiger partial charge on any atom is 0.255 e. The monoisotopic (exact) mass is 402 g/mol. The van der Waals surface area contributed by atoms with E-state index in [9.17, 15) is 14.4 Å². The summed E-state index contributed by atoms with van der Waals surface area (Å²) in [5.74, 6) is -0.313. The molecule has 0 saturated carbocycles. The van der Waals surface area contributed by atoms with Crippen molar-refractivity contribution in [3.05, 3.63) is 29.8 Å². The highest BCUT2D eigenvalue weighted by atomic mass is 16.5. The highest BCUT2D eigenvalue weighted by Gasteiger charge is 2.53. The molecule has 1 aromatic carbocycles. The van der Waals surface area contributed by atoms with E-state index in [2.05, 4.69) is 5.32 Å². The van der Waals surface area contributed by atoms with Crippen molar-refractivity contribution in [2.45, 2.75) is 19.4 Å². The van der Waals surface area contributed by atoms with Crippen LogP contribution in [0.5, 0.6) is 5.75 Å². The van der Waals surface area contributed by atoms with Crippen LogP contribution >= 0.6 is 0 Å². The molecule has 2 heterocycles. The molecule has 2 aliphatic heterocycles. The highest BCUT2D eigenvalue weighted by Crippen LogP contribution is 2.34. The second kappa shape index (κ2) is 8.41. The van der Waals surface area contributed by atoms with E-state index in [-0.39, 0.29) is 30.9 Å². The van der Waals surface area contributed by atoms with Crippen molar-refractivity contribution in [2.75, 3.05) is 53.4 Å². The van der Waals surface area contributed by atoms with Gasteiger partial charge in [-0.05, 0) is 26.0 Å². The molecule has 0 radical (unpaired) electrons. The van der Waals surface area contributed by atoms with Crippen LogP contribution in [0.4, 0.5) is 0 Å². The Hall–Kier alpha value is -2.61. The summed E-state index contributed by atoms with van der Waals surface area (Å²) >= 11 is 0. The third kappa shape index (κ3) is 4.07. The Balaban J connectivity index is 1.87. The lowest BCUT2D eigenvalue weighted by Crippen LogP contribution is -2.60. The van der Waals surface area contributed by atoms with Gasteiger partial charge >= 0.3 is 0 Å². The second-order valence-electron chi connectivity index (χ2n) is 7.92. The Bertz CT molecular complexity index is 793. The van der Waals surface area contributed by atoms with E-state index in [0.29, 0.717) is 37.5 Å². The number of hydrogen-bond donors (Lipinski definition) is 1. The number of para-hydroxylation sites is 1. The van der Waals surface area contributed by atoms with Crippen LogP contribution in [-0.4, -0.2) is 91.4 Å². The molecule has 8 nitrogen and oxygen atoms in total. The zero-order chi connectivity index (χ0) is 21.2. The smallest absolute Gasteiger partial charge is 0.255 e. The summed E-state index contributed by atoms with van der Waals surface area (Å²) in [5.41, 5.74) is -0.431. The zero-order valence-corrected chi connectivity index (χ0v) is 17.6. The van der Waals surface area contributed by atoms with Crippen molar-refractivity contribution < 1.29 is 19.1 Å². The normalized spacial score (nSPS) is 23.7. The predicted molar refractivity (Wildman–Crippen MR) is 109 cm³/mol. The average molecular weight is 402 g/mol. The lowest BCUT2D eigenvalue weighted by Gasteiger charge is -2.34. The fourth-order valence-corrected chi connectivity index (χ4v) is 4.21. The lowest BCUT2D eigenvalue weighted by molar-refractivity contribution is -0.135. The van der Waals surface area contributed by atoms with Crippen molar-refractivity contribution in [3.63, 3.8) is 0 Å². The Morgan fingerprint density at radius 1 is 1.24 bits per heavy atom. The summed E-state index contributed by atoms with van der Waals surface area (Å²) in [6.07, 6.45) is 0. The molecule has 1 saturated heterocycles. The molecular weight excluding hydrogens is 372 g/mol. The molecule has 0 bridgehead atoms.